The highest BCUT2D eigenvalue weighted by Gasteiger charge is 2.35. The van der Waals surface area contributed by atoms with Gasteiger partial charge in [-0.3, -0.25) is 9.59 Å². The molecule has 116 valence electrons. The third-order valence-electron chi connectivity index (χ3n) is 2.98. The second-order valence-corrected chi connectivity index (χ2v) is 7.68. The Kier molecular flexibility index (Phi) is 4.54. The molecule has 1 fully saturated rings. The van der Waals surface area contributed by atoms with E-state index in [9.17, 15) is 18.0 Å². The number of carbonyl (C=O) groups excluding carboxylic acids is 1. The fourth-order valence-corrected chi connectivity index (χ4v) is 4.60. The van der Waals surface area contributed by atoms with Gasteiger partial charge in [0, 0.05) is 20.0 Å². The number of hydrogen-bond donors (Lipinski definition) is 2. The molecule has 0 unspecified atom stereocenters. The van der Waals surface area contributed by atoms with Crippen LogP contribution in [0.1, 0.15) is 19.8 Å². The van der Waals surface area contributed by atoms with E-state index in [0.29, 0.717) is 12.8 Å². The van der Waals surface area contributed by atoms with Crippen LogP contribution in [0.5, 0.6) is 0 Å². The molecule has 2 N–H and O–H groups in total. The Hall–Kier alpha value is -1.59. The van der Waals surface area contributed by atoms with Gasteiger partial charge in [0.15, 0.2) is 0 Å². The van der Waals surface area contributed by atoms with E-state index in [1.54, 1.807) is 0 Å². The number of anilines is 1. The van der Waals surface area contributed by atoms with Crippen LogP contribution in [0.3, 0.4) is 0 Å². The Balaban J connectivity index is 2.19. The van der Waals surface area contributed by atoms with Gasteiger partial charge in [0.1, 0.15) is 0 Å². The van der Waals surface area contributed by atoms with Crippen molar-refractivity contribution in [3.63, 3.8) is 0 Å². The molecule has 1 atom stereocenters. The predicted octanol–water partition coefficient (Wildman–Crippen LogP) is -0.0182. The van der Waals surface area contributed by atoms with E-state index in [-0.39, 0.29) is 28.5 Å². The summed E-state index contributed by atoms with van der Waals surface area (Å²) in [6.07, 6.45) is 0.933. The second kappa shape index (κ2) is 6.03. The summed E-state index contributed by atoms with van der Waals surface area (Å²) in [5, 5.41) is 18.6. The summed E-state index contributed by atoms with van der Waals surface area (Å²) in [5.74, 6) is -2.10. The number of hydrogen-bond acceptors (Lipinski definition) is 7. The molecule has 0 saturated carbocycles. The van der Waals surface area contributed by atoms with Gasteiger partial charge in [0.05, 0.1) is 5.92 Å². The van der Waals surface area contributed by atoms with Crippen molar-refractivity contribution >= 4 is 38.4 Å². The van der Waals surface area contributed by atoms with Crippen molar-refractivity contribution in [2.75, 3.05) is 18.4 Å². The third kappa shape index (κ3) is 3.54. The van der Waals surface area contributed by atoms with E-state index in [0.717, 1.165) is 15.6 Å². The molecule has 0 radical (unpaired) electrons. The predicted molar refractivity (Wildman–Crippen MR) is 73.3 cm³/mol. The lowest BCUT2D eigenvalue weighted by Gasteiger charge is -2.28. The SMILES string of the molecule is CC(=O)Nc1nnc(S(=O)(=O)N2CCC[C@@H](C(=O)O)C2)s1. The smallest absolute Gasteiger partial charge is 0.307 e. The topological polar surface area (TPSA) is 130 Å². The lowest BCUT2D eigenvalue weighted by Crippen LogP contribution is -2.42. The highest BCUT2D eigenvalue weighted by Crippen LogP contribution is 2.27. The number of rotatable bonds is 4. The molecular formula is C10H14N4O5S2. The fourth-order valence-electron chi connectivity index (χ4n) is 1.99. The zero-order chi connectivity index (χ0) is 15.6. The number of aliphatic carboxylic acids is 1. The van der Waals surface area contributed by atoms with Crippen molar-refractivity contribution in [1.82, 2.24) is 14.5 Å². The highest BCUT2D eigenvalue weighted by atomic mass is 32.2. The maximum atomic E-state index is 12.4. The molecule has 1 aromatic heterocycles. The number of aromatic nitrogens is 2. The summed E-state index contributed by atoms with van der Waals surface area (Å²) in [6.45, 7) is 1.45. The van der Waals surface area contributed by atoms with Crippen molar-refractivity contribution in [3.05, 3.63) is 0 Å². The number of carboxylic acid groups (broad SMARTS) is 1. The molecule has 0 spiro atoms. The Labute approximate surface area is 125 Å². The summed E-state index contributed by atoms with van der Waals surface area (Å²) in [6, 6.07) is 0. The number of nitrogens with zero attached hydrogens (tertiary/aromatic N) is 3. The molecule has 11 heteroatoms. The lowest BCUT2D eigenvalue weighted by atomic mass is 10.0. The second-order valence-electron chi connectivity index (χ2n) is 4.59. The van der Waals surface area contributed by atoms with Crippen LogP contribution in [-0.4, -0.2) is 53.0 Å². The Morgan fingerprint density at radius 1 is 1.43 bits per heavy atom. The van der Waals surface area contributed by atoms with Gasteiger partial charge in [-0.2, -0.15) is 4.31 Å². The minimum atomic E-state index is -3.88. The quantitative estimate of drug-likeness (QED) is 0.740. The molecule has 0 aliphatic carbocycles. The Morgan fingerprint density at radius 3 is 2.76 bits per heavy atom. The number of carboxylic acids is 1. The number of carbonyl (C=O) groups is 2. The van der Waals surface area contributed by atoms with E-state index in [2.05, 4.69) is 15.5 Å². The standard InChI is InChI=1S/C10H14N4O5S2/c1-6(15)11-9-12-13-10(20-9)21(18,19)14-4-2-3-7(5-14)8(16)17/h7H,2-5H2,1H3,(H,16,17)(H,11,12,15)/t7-/m1/s1. The first-order valence-corrected chi connectivity index (χ1v) is 8.40. The molecule has 1 saturated heterocycles. The normalized spacial score (nSPS) is 20.1. The number of piperidine rings is 1. The molecule has 21 heavy (non-hydrogen) atoms. The van der Waals surface area contributed by atoms with Crippen LogP contribution in [-0.2, 0) is 19.6 Å². The summed E-state index contributed by atoms with van der Waals surface area (Å²) >= 11 is 0.740. The van der Waals surface area contributed by atoms with Crippen LogP contribution in [0.25, 0.3) is 0 Å². The summed E-state index contributed by atoms with van der Waals surface area (Å²) < 4.78 is 25.6. The van der Waals surface area contributed by atoms with Crippen molar-refractivity contribution in [2.45, 2.75) is 24.1 Å². The molecule has 1 aliphatic heterocycles. The molecular weight excluding hydrogens is 320 g/mol. The Bertz CT molecular complexity index is 656. The van der Waals surface area contributed by atoms with Gasteiger partial charge in [0.25, 0.3) is 10.0 Å². The number of nitrogens with one attached hydrogen (secondary N) is 1. The molecule has 0 aromatic carbocycles. The van der Waals surface area contributed by atoms with E-state index in [1.165, 1.54) is 6.92 Å². The highest BCUT2D eigenvalue weighted by molar-refractivity contribution is 7.91. The van der Waals surface area contributed by atoms with E-state index >= 15 is 0 Å². The van der Waals surface area contributed by atoms with Gasteiger partial charge in [-0.15, -0.1) is 10.2 Å². The lowest BCUT2D eigenvalue weighted by molar-refractivity contribution is -0.142. The Morgan fingerprint density at radius 2 is 2.14 bits per heavy atom. The zero-order valence-corrected chi connectivity index (χ0v) is 12.8. The van der Waals surface area contributed by atoms with Gasteiger partial charge >= 0.3 is 5.97 Å². The molecule has 1 aliphatic rings. The van der Waals surface area contributed by atoms with E-state index in [4.69, 9.17) is 5.11 Å². The fraction of sp³-hybridized carbons (Fsp3) is 0.600. The van der Waals surface area contributed by atoms with Crippen molar-refractivity contribution in [2.24, 2.45) is 5.92 Å². The minimum Gasteiger partial charge on any atom is -0.481 e. The molecule has 1 amide bonds. The van der Waals surface area contributed by atoms with E-state index in [1.807, 2.05) is 0 Å². The van der Waals surface area contributed by atoms with E-state index < -0.39 is 21.9 Å². The third-order valence-corrected chi connectivity index (χ3v) is 6.03. The minimum absolute atomic E-state index is 0.0767. The first kappa shape index (κ1) is 15.8. The zero-order valence-electron chi connectivity index (χ0n) is 11.1. The van der Waals surface area contributed by atoms with Gasteiger partial charge in [-0.25, -0.2) is 8.42 Å². The number of sulfonamides is 1. The van der Waals surface area contributed by atoms with Gasteiger partial charge in [-0.05, 0) is 12.8 Å². The monoisotopic (exact) mass is 334 g/mol. The average Bonchev–Trinajstić information content (AvgIpc) is 2.87. The van der Waals surface area contributed by atoms with Crippen LogP contribution < -0.4 is 5.32 Å². The van der Waals surface area contributed by atoms with Crippen molar-refractivity contribution in [3.8, 4) is 0 Å². The largest absolute Gasteiger partial charge is 0.481 e. The van der Waals surface area contributed by atoms with Crippen LogP contribution in [0.2, 0.25) is 0 Å². The van der Waals surface area contributed by atoms with Crippen molar-refractivity contribution < 1.29 is 23.1 Å². The average molecular weight is 334 g/mol. The van der Waals surface area contributed by atoms with Gasteiger partial charge < -0.3 is 10.4 Å². The summed E-state index contributed by atoms with van der Waals surface area (Å²) in [5.41, 5.74) is 0. The molecule has 2 rings (SSSR count). The molecule has 0 bridgehead atoms. The van der Waals surface area contributed by atoms with Crippen molar-refractivity contribution in [1.29, 1.82) is 0 Å². The maximum Gasteiger partial charge on any atom is 0.307 e. The summed E-state index contributed by atoms with van der Waals surface area (Å²) in [4.78, 5) is 21.9. The van der Waals surface area contributed by atoms with Gasteiger partial charge in [-0.1, -0.05) is 11.3 Å². The molecule has 2 heterocycles. The van der Waals surface area contributed by atoms with Gasteiger partial charge in [0.2, 0.25) is 15.4 Å². The molecule has 1 aromatic rings. The first-order valence-electron chi connectivity index (χ1n) is 6.14. The molecule has 9 nitrogen and oxygen atoms in total. The van der Waals surface area contributed by atoms with Crippen LogP contribution in [0.15, 0.2) is 4.34 Å². The summed E-state index contributed by atoms with van der Waals surface area (Å²) in [7, 11) is -3.88. The number of amides is 1. The van der Waals surface area contributed by atoms with Crippen LogP contribution in [0, 0.1) is 5.92 Å². The van der Waals surface area contributed by atoms with Crippen LogP contribution in [0.4, 0.5) is 5.13 Å². The maximum absolute atomic E-state index is 12.4. The van der Waals surface area contributed by atoms with Crippen LogP contribution >= 0.6 is 11.3 Å². The first-order chi connectivity index (χ1) is 9.80.